The van der Waals surface area contributed by atoms with Gasteiger partial charge in [0.25, 0.3) is 0 Å². The Labute approximate surface area is 183 Å². The van der Waals surface area contributed by atoms with Crippen LogP contribution < -0.4 is 15.9 Å². The monoisotopic (exact) mass is 436 g/mol. The molecule has 3 aromatic rings. The lowest BCUT2D eigenvalue weighted by molar-refractivity contribution is 0.127. The summed E-state index contributed by atoms with van der Waals surface area (Å²) in [6.07, 6.45) is -1.55. The second kappa shape index (κ2) is 10.6. The van der Waals surface area contributed by atoms with E-state index >= 15 is 0 Å². The van der Waals surface area contributed by atoms with Crippen LogP contribution in [0.1, 0.15) is 13.8 Å². The van der Waals surface area contributed by atoms with E-state index in [-0.39, 0.29) is 13.2 Å². The average molecular weight is 436 g/mol. The molecule has 0 aromatic heterocycles. The number of hydrogen-bond donors (Lipinski definition) is 0. The standard InChI is InChI=1S/C24H25N2O4P/c1-3-29-23(27)25-26(24(28)30-4-2)31(20-14-8-5-9-15-20,21-16-10-6-11-17-21)22-18-12-7-13-19-22/h5-19H,3-4H2,1-2H3/q+1. The van der Waals surface area contributed by atoms with E-state index in [1.807, 2.05) is 91.0 Å². The highest BCUT2D eigenvalue weighted by Gasteiger charge is 2.56. The largest absolute Gasteiger partial charge is 0.464 e. The summed E-state index contributed by atoms with van der Waals surface area (Å²) in [6, 6.07) is 28.8. The molecule has 0 saturated heterocycles. The maximum atomic E-state index is 13.3. The number of carbonyl (C=O) groups excluding carboxylic acids is 1. The summed E-state index contributed by atoms with van der Waals surface area (Å²) in [5.74, 6) is 0. The lowest BCUT2D eigenvalue weighted by atomic mass is 10.4. The van der Waals surface area contributed by atoms with Gasteiger partial charge in [0.15, 0.2) is 0 Å². The average Bonchev–Trinajstić information content (AvgIpc) is 2.81. The maximum Gasteiger partial charge on any atom is 0.464 e. The fourth-order valence-corrected chi connectivity index (χ4v) is 7.22. The Morgan fingerprint density at radius 3 is 1.48 bits per heavy atom. The summed E-state index contributed by atoms with van der Waals surface area (Å²) in [5, 5.41) is 19.2. The van der Waals surface area contributed by atoms with Crippen LogP contribution in [0, 0.1) is 0 Å². The van der Waals surface area contributed by atoms with E-state index < -0.39 is 19.6 Å². The van der Waals surface area contributed by atoms with Crippen LogP contribution in [-0.2, 0) is 14.6 Å². The van der Waals surface area contributed by atoms with E-state index in [4.69, 9.17) is 9.47 Å². The molecule has 0 saturated carbocycles. The van der Waals surface area contributed by atoms with Gasteiger partial charge in [0.1, 0.15) is 15.9 Å². The Morgan fingerprint density at radius 2 is 1.13 bits per heavy atom. The van der Waals surface area contributed by atoms with Crippen molar-refractivity contribution in [1.29, 1.82) is 0 Å². The smallest absolute Gasteiger partial charge is 0.447 e. The van der Waals surface area contributed by atoms with Gasteiger partial charge in [0.2, 0.25) is 7.41 Å². The molecule has 159 valence electrons. The SMILES string of the molecule is CCOC(=O)N(N=C([O])OCC)[P+](c1ccccc1)(c1ccccc1)c1ccccc1. The fraction of sp³-hybridized carbons (Fsp3) is 0.167. The fourth-order valence-electron chi connectivity index (χ4n) is 3.35. The quantitative estimate of drug-likeness (QED) is 0.242. The molecule has 7 heteroatoms. The van der Waals surface area contributed by atoms with Crippen molar-refractivity contribution in [3.8, 4) is 0 Å². The number of nitrogens with zero attached hydrogens (tertiary/aromatic N) is 2. The van der Waals surface area contributed by atoms with Crippen molar-refractivity contribution in [1.82, 2.24) is 4.78 Å². The summed E-state index contributed by atoms with van der Waals surface area (Å²) < 4.78 is 11.6. The zero-order chi connectivity index (χ0) is 22.1. The Hall–Kier alpha value is -3.37. The number of hydrazone groups is 1. The Balaban J connectivity index is 2.41. The van der Waals surface area contributed by atoms with Crippen LogP contribution >= 0.6 is 7.41 Å². The maximum absolute atomic E-state index is 13.3. The molecule has 3 aromatic carbocycles. The van der Waals surface area contributed by atoms with Crippen LogP contribution in [0.25, 0.3) is 0 Å². The number of carbonyl (C=O) groups is 1. The van der Waals surface area contributed by atoms with E-state index in [9.17, 15) is 9.90 Å². The minimum atomic E-state index is -2.94. The molecule has 6 nitrogen and oxygen atoms in total. The normalized spacial score (nSPS) is 11.6. The Bertz CT molecular complexity index is 901. The van der Waals surface area contributed by atoms with E-state index in [0.29, 0.717) is 0 Å². The third-order valence-electron chi connectivity index (χ3n) is 4.55. The predicted octanol–water partition coefficient (Wildman–Crippen LogP) is 4.09. The molecule has 0 aliphatic heterocycles. The first-order chi connectivity index (χ1) is 15.1. The second-order valence-electron chi connectivity index (χ2n) is 6.43. The van der Waals surface area contributed by atoms with Crippen molar-refractivity contribution in [3.05, 3.63) is 91.0 Å². The van der Waals surface area contributed by atoms with Crippen molar-refractivity contribution in [2.24, 2.45) is 5.10 Å². The van der Waals surface area contributed by atoms with E-state index in [1.165, 1.54) is 4.78 Å². The number of benzene rings is 3. The van der Waals surface area contributed by atoms with Crippen LogP contribution in [0.4, 0.5) is 4.79 Å². The second-order valence-corrected chi connectivity index (χ2v) is 9.63. The van der Waals surface area contributed by atoms with Crippen LogP contribution in [0.15, 0.2) is 96.1 Å². The molecule has 3 rings (SSSR count). The van der Waals surface area contributed by atoms with Crippen LogP contribution in [0.5, 0.6) is 0 Å². The van der Waals surface area contributed by atoms with Gasteiger partial charge in [-0.1, -0.05) is 59.7 Å². The summed E-state index contributed by atoms with van der Waals surface area (Å²) in [4.78, 5) is 13.3. The van der Waals surface area contributed by atoms with E-state index in [1.54, 1.807) is 13.8 Å². The first-order valence-corrected chi connectivity index (χ1v) is 11.8. The minimum Gasteiger partial charge on any atom is -0.447 e. The van der Waals surface area contributed by atoms with Gasteiger partial charge in [-0.25, -0.2) is 9.90 Å². The zero-order valence-corrected chi connectivity index (χ0v) is 18.4. The molecule has 0 aliphatic rings. The highest BCUT2D eigenvalue weighted by atomic mass is 31.2. The number of amides is 1. The first kappa shape index (κ1) is 22.3. The number of rotatable bonds is 7. The zero-order valence-electron chi connectivity index (χ0n) is 17.5. The predicted molar refractivity (Wildman–Crippen MR) is 124 cm³/mol. The lowest BCUT2D eigenvalue weighted by Crippen LogP contribution is -2.44. The third kappa shape index (κ3) is 4.70. The van der Waals surface area contributed by atoms with Crippen molar-refractivity contribution >= 4 is 35.5 Å². The van der Waals surface area contributed by atoms with E-state index in [0.717, 1.165) is 15.9 Å². The Morgan fingerprint density at radius 1 is 0.742 bits per heavy atom. The first-order valence-electron chi connectivity index (χ1n) is 10.1. The van der Waals surface area contributed by atoms with Gasteiger partial charge >= 0.3 is 12.2 Å². The molecule has 0 unspecified atom stereocenters. The van der Waals surface area contributed by atoms with Gasteiger partial charge in [-0.05, 0) is 55.0 Å². The molecule has 0 bridgehead atoms. The Kier molecular flexibility index (Phi) is 7.63. The number of ether oxygens (including phenoxy) is 2. The summed E-state index contributed by atoms with van der Waals surface area (Å²) >= 11 is 0. The van der Waals surface area contributed by atoms with Crippen molar-refractivity contribution < 1.29 is 19.4 Å². The topological polar surface area (TPSA) is 71.0 Å². The molecule has 0 N–H and O–H groups in total. The lowest BCUT2D eigenvalue weighted by Gasteiger charge is -2.31. The highest BCUT2D eigenvalue weighted by molar-refractivity contribution is 7.94. The van der Waals surface area contributed by atoms with Gasteiger partial charge in [0, 0.05) is 0 Å². The minimum absolute atomic E-state index is 0.145. The highest BCUT2D eigenvalue weighted by Crippen LogP contribution is 2.59. The molecular weight excluding hydrogens is 411 g/mol. The van der Waals surface area contributed by atoms with Crippen LogP contribution in [0.3, 0.4) is 0 Å². The molecular formula is C24H25N2O4P+. The van der Waals surface area contributed by atoms with E-state index in [2.05, 4.69) is 5.10 Å². The summed E-state index contributed by atoms with van der Waals surface area (Å²) in [5.41, 5.74) is 0. The number of hydrogen-bond acceptors (Lipinski definition) is 4. The molecule has 0 aliphatic carbocycles. The van der Waals surface area contributed by atoms with Crippen molar-refractivity contribution in [2.45, 2.75) is 13.8 Å². The molecule has 1 radical (unpaired) electrons. The molecule has 0 fully saturated rings. The summed E-state index contributed by atoms with van der Waals surface area (Å²) in [6.45, 7) is 3.70. The van der Waals surface area contributed by atoms with Gasteiger partial charge in [0.05, 0.1) is 13.2 Å². The molecule has 0 atom stereocenters. The molecule has 0 heterocycles. The molecule has 31 heavy (non-hydrogen) atoms. The third-order valence-corrected chi connectivity index (χ3v) is 8.51. The van der Waals surface area contributed by atoms with Crippen LogP contribution in [-0.4, -0.2) is 30.2 Å². The van der Waals surface area contributed by atoms with Crippen molar-refractivity contribution in [2.75, 3.05) is 13.2 Å². The molecule has 0 spiro atoms. The van der Waals surface area contributed by atoms with Crippen molar-refractivity contribution in [3.63, 3.8) is 0 Å². The van der Waals surface area contributed by atoms with Gasteiger partial charge in [-0.2, -0.15) is 0 Å². The van der Waals surface area contributed by atoms with Gasteiger partial charge < -0.3 is 9.47 Å². The summed E-state index contributed by atoms with van der Waals surface area (Å²) in [7, 11) is -2.94. The molecule has 1 amide bonds. The van der Waals surface area contributed by atoms with Crippen LogP contribution in [0.2, 0.25) is 0 Å². The van der Waals surface area contributed by atoms with Gasteiger partial charge in [-0.3, -0.25) is 0 Å². The van der Waals surface area contributed by atoms with Gasteiger partial charge in [-0.15, -0.1) is 0 Å².